The highest BCUT2D eigenvalue weighted by atomic mass is 35.5. The standard InChI is InChI=1S/C29H27Cl/c30-27-11-7-23(8-12-27)21-3-1-20(2-4-21)22-5-9-24(10-6-22)28-15-19-13-25-14-26(17-28)29(25,16-19)18-28/h1-12,19,25-26H,13-18H2. The van der Waals surface area contributed by atoms with Crippen LogP contribution in [0.1, 0.15) is 44.1 Å². The predicted octanol–water partition coefficient (Wildman–Crippen LogP) is 8.14. The van der Waals surface area contributed by atoms with Crippen molar-refractivity contribution >= 4 is 11.6 Å². The maximum absolute atomic E-state index is 6.03. The first-order valence-corrected chi connectivity index (χ1v) is 12.0. The first kappa shape index (κ1) is 17.6. The Hall–Kier alpha value is -2.05. The highest BCUT2D eigenvalue weighted by Gasteiger charge is 2.70. The summed E-state index contributed by atoms with van der Waals surface area (Å²) in [6, 6.07) is 26.7. The molecule has 0 amide bonds. The second-order valence-corrected chi connectivity index (χ2v) is 11.1. The molecule has 4 saturated carbocycles. The lowest BCUT2D eigenvalue weighted by Gasteiger charge is -2.49. The first-order valence-electron chi connectivity index (χ1n) is 11.6. The van der Waals surface area contributed by atoms with Crippen molar-refractivity contribution in [3.05, 3.63) is 83.4 Å². The molecule has 0 aromatic heterocycles. The van der Waals surface area contributed by atoms with E-state index in [2.05, 4.69) is 60.7 Å². The summed E-state index contributed by atoms with van der Waals surface area (Å²) in [5.74, 6) is 3.13. The van der Waals surface area contributed by atoms with Crippen LogP contribution in [-0.2, 0) is 5.41 Å². The number of hydrogen-bond donors (Lipinski definition) is 0. The Balaban J connectivity index is 1.16. The first-order chi connectivity index (χ1) is 14.6. The van der Waals surface area contributed by atoms with Gasteiger partial charge in [-0.05, 0) is 107 Å². The third-order valence-electron chi connectivity index (χ3n) is 9.36. The normalized spacial score (nSPS) is 35.3. The molecule has 5 unspecified atom stereocenters. The summed E-state index contributed by atoms with van der Waals surface area (Å²) >= 11 is 6.03. The van der Waals surface area contributed by atoms with Crippen LogP contribution in [0.4, 0.5) is 0 Å². The molecule has 150 valence electrons. The van der Waals surface area contributed by atoms with Crippen molar-refractivity contribution in [2.24, 2.45) is 23.2 Å². The molecule has 0 N–H and O–H groups in total. The Labute approximate surface area is 184 Å². The van der Waals surface area contributed by atoms with E-state index in [9.17, 15) is 0 Å². The van der Waals surface area contributed by atoms with Crippen LogP contribution in [0.15, 0.2) is 72.8 Å². The fourth-order valence-electron chi connectivity index (χ4n) is 8.21. The number of hydrogen-bond acceptors (Lipinski definition) is 0. The van der Waals surface area contributed by atoms with E-state index in [0.717, 1.165) is 28.2 Å². The molecule has 4 aliphatic carbocycles. The summed E-state index contributed by atoms with van der Waals surface area (Å²) in [6.45, 7) is 0. The monoisotopic (exact) mass is 410 g/mol. The van der Waals surface area contributed by atoms with Gasteiger partial charge in [0.25, 0.3) is 0 Å². The molecular weight excluding hydrogens is 384 g/mol. The molecule has 0 nitrogen and oxygen atoms in total. The molecule has 3 bridgehead atoms. The lowest BCUT2D eigenvalue weighted by Crippen LogP contribution is -2.42. The highest BCUT2D eigenvalue weighted by Crippen LogP contribution is 2.78. The van der Waals surface area contributed by atoms with Crippen molar-refractivity contribution in [3.8, 4) is 22.3 Å². The Morgan fingerprint density at radius 1 is 0.600 bits per heavy atom. The largest absolute Gasteiger partial charge is 0.0843 e. The molecule has 0 aliphatic heterocycles. The van der Waals surface area contributed by atoms with E-state index < -0.39 is 0 Å². The Kier molecular flexibility index (Phi) is 3.53. The van der Waals surface area contributed by atoms with Gasteiger partial charge in [0.1, 0.15) is 0 Å². The van der Waals surface area contributed by atoms with Crippen LogP contribution in [-0.4, -0.2) is 0 Å². The van der Waals surface area contributed by atoms with E-state index in [0.29, 0.717) is 5.41 Å². The minimum absolute atomic E-state index is 0.496. The van der Waals surface area contributed by atoms with Gasteiger partial charge < -0.3 is 0 Å². The van der Waals surface area contributed by atoms with E-state index in [1.807, 2.05) is 12.1 Å². The third kappa shape index (κ3) is 2.35. The SMILES string of the molecule is Clc1ccc(-c2ccc(-c3ccc(C45CC6CC7CC(C4)C7(C6)C5)cc3)cc2)cc1. The molecule has 0 radical (unpaired) electrons. The number of rotatable bonds is 3. The molecule has 4 fully saturated rings. The molecular formula is C29H27Cl. The zero-order valence-corrected chi connectivity index (χ0v) is 18.0. The number of fused-ring (bicyclic) bond motifs is 2. The van der Waals surface area contributed by atoms with Gasteiger partial charge >= 0.3 is 0 Å². The van der Waals surface area contributed by atoms with E-state index in [1.165, 1.54) is 54.4 Å². The summed E-state index contributed by atoms with van der Waals surface area (Å²) in [5.41, 5.74) is 7.96. The molecule has 0 heterocycles. The van der Waals surface area contributed by atoms with E-state index in [1.54, 1.807) is 12.0 Å². The second kappa shape index (κ2) is 6.01. The lowest BCUT2D eigenvalue weighted by molar-refractivity contribution is -0.000160. The van der Waals surface area contributed by atoms with Gasteiger partial charge in [0, 0.05) is 5.02 Å². The predicted molar refractivity (Wildman–Crippen MR) is 125 cm³/mol. The van der Waals surface area contributed by atoms with Crippen molar-refractivity contribution in [1.82, 2.24) is 0 Å². The van der Waals surface area contributed by atoms with Crippen molar-refractivity contribution in [1.29, 1.82) is 0 Å². The van der Waals surface area contributed by atoms with Gasteiger partial charge in [-0.2, -0.15) is 0 Å². The van der Waals surface area contributed by atoms with Crippen LogP contribution in [0.25, 0.3) is 22.3 Å². The maximum atomic E-state index is 6.03. The van der Waals surface area contributed by atoms with Crippen molar-refractivity contribution in [2.45, 2.75) is 43.9 Å². The van der Waals surface area contributed by atoms with Crippen molar-refractivity contribution in [3.63, 3.8) is 0 Å². The van der Waals surface area contributed by atoms with Crippen molar-refractivity contribution < 1.29 is 0 Å². The van der Waals surface area contributed by atoms with Crippen LogP contribution in [0.3, 0.4) is 0 Å². The van der Waals surface area contributed by atoms with Gasteiger partial charge in [0.05, 0.1) is 0 Å². The minimum Gasteiger partial charge on any atom is -0.0843 e. The molecule has 3 aromatic carbocycles. The van der Waals surface area contributed by atoms with Crippen molar-refractivity contribution in [2.75, 3.05) is 0 Å². The Morgan fingerprint density at radius 3 is 1.80 bits per heavy atom. The second-order valence-electron chi connectivity index (χ2n) is 10.7. The minimum atomic E-state index is 0.496. The molecule has 4 aliphatic rings. The Bertz CT molecular complexity index is 1110. The van der Waals surface area contributed by atoms with E-state index in [-0.39, 0.29) is 0 Å². The smallest absolute Gasteiger partial charge is 0.0406 e. The van der Waals surface area contributed by atoms with Gasteiger partial charge in [0.2, 0.25) is 0 Å². The number of halogens is 1. The summed E-state index contributed by atoms with van der Waals surface area (Å²) in [5, 5.41) is 0.784. The summed E-state index contributed by atoms with van der Waals surface area (Å²) in [6.07, 6.45) is 9.04. The Morgan fingerprint density at radius 2 is 1.17 bits per heavy atom. The van der Waals surface area contributed by atoms with Gasteiger partial charge in [-0.3, -0.25) is 0 Å². The van der Waals surface area contributed by atoms with Gasteiger partial charge in [0.15, 0.2) is 0 Å². The number of benzene rings is 3. The molecule has 5 atom stereocenters. The quantitative estimate of drug-likeness (QED) is 0.408. The van der Waals surface area contributed by atoms with E-state index >= 15 is 0 Å². The summed E-state index contributed by atoms with van der Waals surface area (Å²) < 4.78 is 0. The molecule has 0 saturated heterocycles. The zero-order chi connectivity index (χ0) is 19.9. The lowest BCUT2D eigenvalue weighted by atomic mass is 9.55. The molecule has 7 rings (SSSR count). The molecule has 3 aromatic rings. The van der Waals surface area contributed by atoms with Crippen LogP contribution in [0.2, 0.25) is 5.02 Å². The fraction of sp³-hybridized carbons (Fsp3) is 0.379. The zero-order valence-electron chi connectivity index (χ0n) is 17.3. The topological polar surface area (TPSA) is 0 Å². The summed E-state index contributed by atoms with van der Waals surface area (Å²) in [7, 11) is 0. The van der Waals surface area contributed by atoms with Gasteiger partial charge in [-0.25, -0.2) is 0 Å². The average Bonchev–Trinajstić information content (AvgIpc) is 3.10. The van der Waals surface area contributed by atoms with Crippen LogP contribution in [0, 0.1) is 23.2 Å². The van der Waals surface area contributed by atoms with Crippen LogP contribution >= 0.6 is 11.6 Å². The van der Waals surface area contributed by atoms with Gasteiger partial charge in [-0.1, -0.05) is 72.3 Å². The van der Waals surface area contributed by atoms with Crippen LogP contribution in [0.5, 0.6) is 0 Å². The molecule has 1 heteroatoms. The van der Waals surface area contributed by atoms with Gasteiger partial charge in [-0.15, -0.1) is 0 Å². The van der Waals surface area contributed by atoms with Crippen LogP contribution < -0.4 is 0 Å². The summed E-state index contributed by atoms with van der Waals surface area (Å²) in [4.78, 5) is 0. The van der Waals surface area contributed by atoms with E-state index in [4.69, 9.17) is 11.6 Å². The highest BCUT2D eigenvalue weighted by molar-refractivity contribution is 6.30. The third-order valence-corrected chi connectivity index (χ3v) is 9.61. The molecule has 30 heavy (non-hydrogen) atoms. The molecule has 1 spiro atoms. The average molecular weight is 411 g/mol. The maximum Gasteiger partial charge on any atom is 0.0406 e. The fourth-order valence-corrected chi connectivity index (χ4v) is 8.34.